The summed E-state index contributed by atoms with van der Waals surface area (Å²) in [5.41, 5.74) is 2.04. The highest BCUT2D eigenvalue weighted by Gasteiger charge is 2.34. The molecule has 1 aliphatic heterocycles. The summed E-state index contributed by atoms with van der Waals surface area (Å²) in [5, 5.41) is 3.09. The maximum absolute atomic E-state index is 11.6. The molecule has 18 heavy (non-hydrogen) atoms. The van der Waals surface area contributed by atoms with Gasteiger partial charge >= 0.3 is 0 Å². The zero-order chi connectivity index (χ0) is 13.3. The van der Waals surface area contributed by atoms with Crippen molar-refractivity contribution in [3.05, 3.63) is 29.3 Å². The zero-order valence-corrected chi connectivity index (χ0v) is 11.5. The van der Waals surface area contributed by atoms with E-state index in [1.165, 1.54) is 5.56 Å². The predicted molar refractivity (Wildman–Crippen MR) is 71.7 cm³/mol. The van der Waals surface area contributed by atoms with Gasteiger partial charge in [0, 0.05) is 18.4 Å². The summed E-state index contributed by atoms with van der Waals surface area (Å²) in [6.45, 7) is 8.04. The lowest BCUT2D eigenvalue weighted by Gasteiger charge is -2.38. The third-order valence-corrected chi connectivity index (χ3v) is 3.28. The van der Waals surface area contributed by atoms with Crippen LogP contribution in [0.4, 0.5) is 0 Å². The van der Waals surface area contributed by atoms with Crippen molar-refractivity contribution in [2.24, 2.45) is 0 Å². The van der Waals surface area contributed by atoms with Gasteiger partial charge in [0.1, 0.15) is 11.4 Å². The first-order valence-corrected chi connectivity index (χ1v) is 6.50. The molecule has 0 aliphatic carbocycles. The van der Waals surface area contributed by atoms with Crippen LogP contribution in [0.15, 0.2) is 18.2 Å². The van der Waals surface area contributed by atoms with Crippen LogP contribution < -0.4 is 10.1 Å². The van der Waals surface area contributed by atoms with Crippen LogP contribution in [0.25, 0.3) is 0 Å². The van der Waals surface area contributed by atoms with E-state index in [2.05, 4.69) is 32.2 Å². The topological polar surface area (TPSA) is 38.3 Å². The summed E-state index contributed by atoms with van der Waals surface area (Å²) in [5.74, 6) is 0.975. The van der Waals surface area contributed by atoms with E-state index in [9.17, 15) is 4.79 Å². The maximum Gasteiger partial charge on any atom is 0.220 e. The van der Waals surface area contributed by atoms with Crippen LogP contribution in [0.5, 0.6) is 5.75 Å². The Morgan fingerprint density at radius 1 is 1.50 bits per heavy atom. The second kappa shape index (κ2) is 4.63. The fourth-order valence-corrected chi connectivity index (χ4v) is 2.40. The first-order valence-electron chi connectivity index (χ1n) is 6.50. The molecular weight excluding hydrogens is 226 g/mol. The van der Waals surface area contributed by atoms with E-state index in [-0.39, 0.29) is 17.6 Å². The first-order chi connectivity index (χ1) is 8.41. The summed E-state index contributed by atoms with van der Waals surface area (Å²) in [6.07, 6.45) is 1.31. The molecule has 1 N–H and O–H groups in total. The van der Waals surface area contributed by atoms with Gasteiger partial charge < -0.3 is 10.1 Å². The number of benzene rings is 1. The van der Waals surface area contributed by atoms with E-state index in [1.807, 2.05) is 19.1 Å². The highest BCUT2D eigenvalue weighted by Crippen LogP contribution is 2.39. The van der Waals surface area contributed by atoms with E-state index < -0.39 is 0 Å². The van der Waals surface area contributed by atoms with Crippen molar-refractivity contribution in [1.82, 2.24) is 5.32 Å². The molecule has 1 unspecified atom stereocenters. The Morgan fingerprint density at radius 2 is 2.22 bits per heavy atom. The molecule has 1 atom stereocenters. The molecule has 1 amide bonds. The van der Waals surface area contributed by atoms with E-state index in [0.717, 1.165) is 17.7 Å². The minimum Gasteiger partial charge on any atom is -0.487 e. The van der Waals surface area contributed by atoms with Crippen molar-refractivity contribution < 1.29 is 9.53 Å². The van der Waals surface area contributed by atoms with Crippen LogP contribution in [0.3, 0.4) is 0 Å². The Labute approximate surface area is 109 Å². The molecule has 0 bridgehead atoms. The molecule has 98 valence electrons. The van der Waals surface area contributed by atoms with Crippen molar-refractivity contribution in [2.45, 2.75) is 52.2 Å². The van der Waals surface area contributed by atoms with Crippen molar-refractivity contribution in [1.29, 1.82) is 0 Å². The number of nitrogens with one attached hydrogen (secondary N) is 1. The van der Waals surface area contributed by atoms with Gasteiger partial charge in [-0.15, -0.1) is 0 Å². The number of aryl methyl sites for hydroxylation is 1. The largest absolute Gasteiger partial charge is 0.487 e. The second-order valence-corrected chi connectivity index (χ2v) is 5.58. The number of carbonyl (C=O) groups is 1. The average molecular weight is 247 g/mol. The number of rotatable bonds is 2. The molecule has 1 heterocycles. The maximum atomic E-state index is 11.6. The van der Waals surface area contributed by atoms with Crippen molar-refractivity contribution in [2.75, 3.05) is 0 Å². The van der Waals surface area contributed by atoms with Gasteiger partial charge in [0.25, 0.3) is 0 Å². The number of ether oxygens (including phenoxy) is 1. The molecule has 1 aromatic carbocycles. The summed E-state index contributed by atoms with van der Waals surface area (Å²) in [7, 11) is 0. The van der Waals surface area contributed by atoms with E-state index in [4.69, 9.17) is 4.74 Å². The second-order valence-electron chi connectivity index (χ2n) is 5.58. The van der Waals surface area contributed by atoms with Crippen LogP contribution in [0.1, 0.15) is 50.8 Å². The molecule has 2 rings (SSSR count). The molecule has 3 nitrogen and oxygen atoms in total. The smallest absolute Gasteiger partial charge is 0.220 e. The van der Waals surface area contributed by atoms with E-state index >= 15 is 0 Å². The van der Waals surface area contributed by atoms with Crippen molar-refractivity contribution in [3.8, 4) is 5.75 Å². The number of hydrogen-bond donors (Lipinski definition) is 1. The third-order valence-electron chi connectivity index (χ3n) is 3.28. The number of fused-ring (bicyclic) bond motifs is 1. The predicted octanol–water partition coefficient (Wildman–Crippen LogP) is 3.12. The lowest BCUT2D eigenvalue weighted by Crippen LogP contribution is -2.41. The molecule has 3 heteroatoms. The minimum absolute atomic E-state index is 0.0519. The van der Waals surface area contributed by atoms with Crippen LogP contribution in [0, 0.1) is 6.92 Å². The van der Waals surface area contributed by atoms with Gasteiger partial charge in [-0.05, 0) is 26.8 Å². The summed E-state index contributed by atoms with van der Waals surface area (Å²) >= 11 is 0. The van der Waals surface area contributed by atoms with Gasteiger partial charge in [-0.2, -0.15) is 0 Å². The minimum atomic E-state index is -0.242. The highest BCUT2D eigenvalue weighted by molar-refractivity contribution is 5.76. The summed E-state index contributed by atoms with van der Waals surface area (Å²) in [6, 6.07) is 6.19. The fourth-order valence-electron chi connectivity index (χ4n) is 2.40. The molecule has 1 aromatic rings. The van der Waals surface area contributed by atoms with Gasteiger partial charge in [-0.1, -0.05) is 24.6 Å². The number of hydrogen-bond acceptors (Lipinski definition) is 2. The Balaban J connectivity index is 2.35. The van der Waals surface area contributed by atoms with Crippen molar-refractivity contribution in [3.63, 3.8) is 0 Å². The first kappa shape index (κ1) is 12.9. The summed E-state index contributed by atoms with van der Waals surface area (Å²) in [4.78, 5) is 11.6. The van der Waals surface area contributed by atoms with Crippen LogP contribution in [-0.2, 0) is 4.79 Å². The lowest BCUT2D eigenvalue weighted by molar-refractivity contribution is -0.122. The standard InChI is InChI=1S/C15H21NO2/c1-5-14(17)16-12-9-15(3,4)18-13-7-6-10(2)8-11(12)13/h6-8,12H,5,9H2,1-4H3,(H,16,17). The van der Waals surface area contributed by atoms with Crippen LogP contribution in [-0.4, -0.2) is 11.5 Å². The van der Waals surface area contributed by atoms with Crippen LogP contribution >= 0.6 is 0 Å². The molecule has 1 aliphatic rings. The quantitative estimate of drug-likeness (QED) is 0.872. The van der Waals surface area contributed by atoms with Gasteiger partial charge in [0.05, 0.1) is 6.04 Å². The summed E-state index contributed by atoms with van der Waals surface area (Å²) < 4.78 is 5.97. The molecule has 0 saturated carbocycles. The van der Waals surface area contributed by atoms with E-state index in [1.54, 1.807) is 0 Å². The normalized spacial score (nSPS) is 20.8. The molecule has 0 radical (unpaired) electrons. The van der Waals surface area contributed by atoms with Gasteiger partial charge in [0.15, 0.2) is 0 Å². The average Bonchev–Trinajstić information content (AvgIpc) is 2.29. The zero-order valence-electron chi connectivity index (χ0n) is 11.5. The van der Waals surface area contributed by atoms with Gasteiger partial charge in [0.2, 0.25) is 5.91 Å². The lowest BCUT2D eigenvalue weighted by atomic mass is 9.89. The fraction of sp³-hybridized carbons (Fsp3) is 0.533. The molecule has 0 fully saturated rings. The Hall–Kier alpha value is -1.51. The van der Waals surface area contributed by atoms with Crippen LogP contribution in [0.2, 0.25) is 0 Å². The Morgan fingerprint density at radius 3 is 2.89 bits per heavy atom. The van der Waals surface area contributed by atoms with Crippen molar-refractivity contribution >= 4 is 5.91 Å². The van der Waals surface area contributed by atoms with Gasteiger partial charge in [-0.3, -0.25) is 4.79 Å². The Kier molecular flexibility index (Phi) is 3.33. The third kappa shape index (κ3) is 2.66. The molecule has 0 saturated heterocycles. The van der Waals surface area contributed by atoms with E-state index in [0.29, 0.717) is 6.42 Å². The Bertz CT molecular complexity index is 466. The monoisotopic (exact) mass is 247 g/mol. The molecular formula is C15H21NO2. The molecule has 0 spiro atoms. The number of amides is 1. The van der Waals surface area contributed by atoms with Gasteiger partial charge in [-0.25, -0.2) is 0 Å². The highest BCUT2D eigenvalue weighted by atomic mass is 16.5. The SMILES string of the molecule is CCC(=O)NC1CC(C)(C)Oc2ccc(C)cc21. The molecule has 0 aromatic heterocycles. The number of carbonyl (C=O) groups excluding carboxylic acids is 1.